The molecule has 0 heterocycles. The van der Waals surface area contributed by atoms with Crippen LogP contribution < -0.4 is 16.0 Å². The zero-order chi connectivity index (χ0) is 17.5. The molecule has 24 heavy (non-hydrogen) atoms. The first-order valence-corrected chi connectivity index (χ1v) is 7.50. The lowest BCUT2D eigenvalue weighted by Gasteiger charge is -2.14. The summed E-state index contributed by atoms with van der Waals surface area (Å²) in [4.78, 5) is 35.1. The standard InChI is InChI=1S/C18H19N3O3/c1-12(14-7-4-3-5-8-14)19-17(23)18(24)21-16-10-6-9-15(11-16)20-13(2)22/h3-12H,1-2H3,(H,19,23)(H,20,22)(H,21,24). The molecule has 3 amide bonds. The Balaban J connectivity index is 1.96. The fourth-order valence-corrected chi connectivity index (χ4v) is 2.15. The number of anilines is 2. The SMILES string of the molecule is CC(=O)Nc1cccc(NC(=O)C(=O)NC(C)c2ccccc2)c1. The van der Waals surface area contributed by atoms with Crippen LogP contribution >= 0.6 is 0 Å². The van der Waals surface area contributed by atoms with Gasteiger partial charge in [-0.05, 0) is 30.7 Å². The monoisotopic (exact) mass is 325 g/mol. The van der Waals surface area contributed by atoms with E-state index in [9.17, 15) is 14.4 Å². The molecule has 1 unspecified atom stereocenters. The second kappa shape index (κ2) is 7.92. The highest BCUT2D eigenvalue weighted by Gasteiger charge is 2.17. The molecule has 0 aliphatic carbocycles. The Morgan fingerprint density at radius 3 is 2.08 bits per heavy atom. The van der Waals surface area contributed by atoms with Crippen molar-refractivity contribution in [3.8, 4) is 0 Å². The van der Waals surface area contributed by atoms with Crippen molar-refractivity contribution in [2.75, 3.05) is 10.6 Å². The summed E-state index contributed by atoms with van der Waals surface area (Å²) < 4.78 is 0. The molecule has 2 aromatic rings. The number of hydrogen-bond donors (Lipinski definition) is 3. The first-order chi connectivity index (χ1) is 11.5. The van der Waals surface area contributed by atoms with Gasteiger partial charge in [0, 0.05) is 18.3 Å². The third kappa shape index (κ3) is 4.95. The van der Waals surface area contributed by atoms with Crippen LogP contribution in [0.15, 0.2) is 54.6 Å². The summed E-state index contributed by atoms with van der Waals surface area (Å²) in [6.45, 7) is 3.20. The van der Waals surface area contributed by atoms with Crippen molar-refractivity contribution in [1.82, 2.24) is 5.32 Å². The van der Waals surface area contributed by atoms with E-state index in [1.165, 1.54) is 6.92 Å². The molecule has 6 nitrogen and oxygen atoms in total. The van der Waals surface area contributed by atoms with Crippen LogP contribution in [0.5, 0.6) is 0 Å². The number of rotatable bonds is 4. The Hall–Kier alpha value is -3.15. The van der Waals surface area contributed by atoms with Gasteiger partial charge in [0.1, 0.15) is 0 Å². The van der Waals surface area contributed by atoms with Crippen molar-refractivity contribution in [1.29, 1.82) is 0 Å². The van der Waals surface area contributed by atoms with Gasteiger partial charge < -0.3 is 16.0 Å². The molecule has 0 aromatic heterocycles. The van der Waals surface area contributed by atoms with E-state index in [1.807, 2.05) is 30.3 Å². The van der Waals surface area contributed by atoms with E-state index in [0.717, 1.165) is 5.56 Å². The predicted molar refractivity (Wildman–Crippen MR) is 92.4 cm³/mol. The molecule has 124 valence electrons. The van der Waals surface area contributed by atoms with Gasteiger partial charge in [-0.15, -0.1) is 0 Å². The first kappa shape index (κ1) is 17.2. The normalized spacial score (nSPS) is 11.2. The summed E-state index contributed by atoms with van der Waals surface area (Å²) in [6, 6.07) is 15.7. The van der Waals surface area contributed by atoms with Crippen molar-refractivity contribution in [2.24, 2.45) is 0 Å². The highest BCUT2D eigenvalue weighted by atomic mass is 16.2. The number of amides is 3. The number of carbonyl (C=O) groups excluding carboxylic acids is 3. The van der Waals surface area contributed by atoms with Gasteiger partial charge in [-0.25, -0.2) is 0 Å². The Labute approximate surface area is 140 Å². The molecule has 6 heteroatoms. The lowest BCUT2D eigenvalue weighted by molar-refractivity contribution is -0.136. The van der Waals surface area contributed by atoms with Crippen LogP contribution in [0.25, 0.3) is 0 Å². The van der Waals surface area contributed by atoms with Crippen molar-refractivity contribution in [3.63, 3.8) is 0 Å². The third-order valence-corrected chi connectivity index (χ3v) is 3.29. The minimum absolute atomic E-state index is 0.215. The van der Waals surface area contributed by atoms with Crippen LogP contribution in [0.2, 0.25) is 0 Å². The van der Waals surface area contributed by atoms with E-state index < -0.39 is 11.8 Å². The first-order valence-electron chi connectivity index (χ1n) is 7.50. The number of nitrogens with one attached hydrogen (secondary N) is 3. The topological polar surface area (TPSA) is 87.3 Å². The third-order valence-electron chi connectivity index (χ3n) is 3.29. The fraction of sp³-hybridized carbons (Fsp3) is 0.167. The average molecular weight is 325 g/mol. The molecule has 0 radical (unpaired) electrons. The van der Waals surface area contributed by atoms with Crippen molar-refractivity contribution < 1.29 is 14.4 Å². The van der Waals surface area contributed by atoms with Gasteiger partial charge in [0.15, 0.2) is 0 Å². The van der Waals surface area contributed by atoms with Gasteiger partial charge in [-0.1, -0.05) is 36.4 Å². The van der Waals surface area contributed by atoms with E-state index in [-0.39, 0.29) is 11.9 Å². The molecule has 0 fully saturated rings. The van der Waals surface area contributed by atoms with Gasteiger partial charge >= 0.3 is 11.8 Å². The summed E-state index contributed by atoms with van der Waals surface area (Å²) in [5.41, 5.74) is 1.87. The van der Waals surface area contributed by atoms with E-state index in [0.29, 0.717) is 11.4 Å². The van der Waals surface area contributed by atoms with Gasteiger partial charge in [-0.3, -0.25) is 14.4 Å². The molecule has 0 bridgehead atoms. The highest BCUT2D eigenvalue weighted by molar-refractivity contribution is 6.39. The molecular formula is C18H19N3O3. The molecule has 3 N–H and O–H groups in total. The summed E-state index contributed by atoms with van der Waals surface area (Å²) in [6.07, 6.45) is 0. The summed E-state index contributed by atoms with van der Waals surface area (Å²) in [5, 5.41) is 7.76. The maximum absolute atomic E-state index is 12.0. The van der Waals surface area contributed by atoms with Crippen molar-refractivity contribution in [3.05, 3.63) is 60.2 Å². The Kier molecular flexibility index (Phi) is 5.68. The van der Waals surface area contributed by atoms with Crippen LogP contribution in [0.4, 0.5) is 11.4 Å². The maximum atomic E-state index is 12.0. The van der Waals surface area contributed by atoms with Gasteiger partial charge in [0.05, 0.1) is 6.04 Å². The van der Waals surface area contributed by atoms with E-state index in [2.05, 4.69) is 16.0 Å². The summed E-state index contributed by atoms with van der Waals surface area (Å²) >= 11 is 0. The van der Waals surface area contributed by atoms with Gasteiger partial charge in [0.25, 0.3) is 0 Å². The van der Waals surface area contributed by atoms with Crippen LogP contribution in [0.1, 0.15) is 25.5 Å². The second-order valence-corrected chi connectivity index (χ2v) is 5.32. The molecule has 0 saturated carbocycles. The zero-order valence-electron chi connectivity index (χ0n) is 13.5. The molecule has 0 saturated heterocycles. The number of carbonyl (C=O) groups is 3. The van der Waals surface area contributed by atoms with Crippen LogP contribution in [-0.2, 0) is 14.4 Å². The van der Waals surface area contributed by atoms with Crippen LogP contribution in [0.3, 0.4) is 0 Å². The smallest absolute Gasteiger partial charge is 0.313 e. The van der Waals surface area contributed by atoms with Crippen molar-refractivity contribution >= 4 is 29.1 Å². The Bertz CT molecular complexity index is 744. The van der Waals surface area contributed by atoms with Crippen molar-refractivity contribution in [2.45, 2.75) is 19.9 Å². The molecule has 0 aliphatic rings. The minimum atomic E-state index is -0.766. The average Bonchev–Trinajstić information content (AvgIpc) is 2.55. The second-order valence-electron chi connectivity index (χ2n) is 5.32. The maximum Gasteiger partial charge on any atom is 0.313 e. The van der Waals surface area contributed by atoms with Gasteiger partial charge in [0.2, 0.25) is 5.91 Å². The summed E-state index contributed by atoms with van der Waals surface area (Å²) in [7, 11) is 0. The lowest BCUT2D eigenvalue weighted by atomic mass is 10.1. The van der Waals surface area contributed by atoms with Crippen LogP contribution in [-0.4, -0.2) is 17.7 Å². The molecule has 2 aromatic carbocycles. The molecular weight excluding hydrogens is 306 g/mol. The quantitative estimate of drug-likeness (QED) is 0.755. The largest absolute Gasteiger partial charge is 0.341 e. The van der Waals surface area contributed by atoms with E-state index in [4.69, 9.17) is 0 Å². The fourth-order valence-electron chi connectivity index (χ4n) is 2.15. The molecule has 1 atom stereocenters. The summed E-state index contributed by atoms with van der Waals surface area (Å²) in [5.74, 6) is -1.71. The number of hydrogen-bond acceptors (Lipinski definition) is 3. The lowest BCUT2D eigenvalue weighted by Crippen LogP contribution is -2.36. The Morgan fingerprint density at radius 2 is 1.46 bits per heavy atom. The van der Waals surface area contributed by atoms with Gasteiger partial charge in [-0.2, -0.15) is 0 Å². The minimum Gasteiger partial charge on any atom is -0.341 e. The predicted octanol–water partition coefficient (Wildman–Crippen LogP) is 2.46. The highest BCUT2D eigenvalue weighted by Crippen LogP contribution is 2.15. The number of benzene rings is 2. The van der Waals surface area contributed by atoms with E-state index >= 15 is 0 Å². The molecule has 0 spiro atoms. The zero-order valence-corrected chi connectivity index (χ0v) is 13.5. The Morgan fingerprint density at radius 1 is 0.833 bits per heavy atom. The van der Waals surface area contributed by atoms with E-state index in [1.54, 1.807) is 31.2 Å². The van der Waals surface area contributed by atoms with Crippen LogP contribution in [0, 0.1) is 0 Å². The molecule has 2 rings (SSSR count). The molecule has 0 aliphatic heterocycles.